The number of piperidine rings is 1. The van der Waals surface area contributed by atoms with Crippen molar-refractivity contribution < 1.29 is 14.2 Å². The van der Waals surface area contributed by atoms with Gasteiger partial charge >= 0.3 is 0 Å². The number of fused-ring (bicyclic) bond motifs is 1. The third-order valence-electron chi connectivity index (χ3n) is 5.51. The van der Waals surface area contributed by atoms with Crippen LogP contribution in [0.15, 0.2) is 25.0 Å². The molecule has 144 valence electrons. The molecule has 0 spiro atoms. The standard InChI is InChI=1S/C18H24N6O3/c1-3-22(12-16-26-9-10-27-16)4-2-14(1)24-18-15(11-21-24)17(19-13-20-18)23-5-7-25-8-6-23/h9-11,13-14,16H,1-8,12H2. The van der Waals surface area contributed by atoms with Gasteiger partial charge in [0.1, 0.15) is 24.7 Å². The smallest absolute Gasteiger partial charge is 0.252 e. The van der Waals surface area contributed by atoms with Crippen molar-refractivity contribution in [3.63, 3.8) is 0 Å². The van der Waals surface area contributed by atoms with E-state index in [4.69, 9.17) is 14.2 Å². The van der Waals surface area contributed by atoms with E-state index >= 15 is 0 Å². The first kappa shape index (κ1) is 16.8. The Morgan fingerprint density at radius 3 is 2.56 bits per heavy atom. The number of hydrogen-bond donors (Lipinski definition) is 0. The van der Waals surface area contributed by atoms with Gasteiger partial charge in [0.2, 0.25) is 0 Å². The summed E-state index contributed by atoms with van der Waals surface area (Å²) < 4.78 is 18.3. The Morgan fingerprint density at radius 1 is 1.00 bits per heavy atom. The Labute approximate surface area is 157 Å². The van der Waals surface area contributed by atoms with Crippen LogP contribution in [0.5, 0.6) is 0 Å². The van der Waals surface area contributed by atoms with Crippen molar-refractivity contribution in [3.8, 4) is 0 Å². The van der Waals surface area contributed by atoms with Crippen molar-refractivity contribution in [2.24, 2.45) is 0 Å². The summed E-state index contributed by atoms with van der Waals surface area (Å²) in [5.74, 6) is 0.968. The van der Waals surface area contributed by atoms with Gasteiger partial charge in [0.25, 0.3) is 6.29 Å². The van der Waals surface area contributed by atoms with Crippen molar-refractivity contribution in [2.45, 2.75) is 25.2 Å². The molecule has 3 aliphatic heterocycles. The normalized spacial score (nSPS) is 22.3. The van der Waals surface area contributed by atoms with Crippen LogP contribution in [0.1, 0.15) is 18.9 Å². The Bertz CT molecular complexity index is 803. The van der Waals surface area contributed by atoms with Crippen LogP contribution in [-0.4, -0.2) is 76.9 Å². The predicted molar refractivity (Wildman–Crippen MR) is 98.2 cm³/mol. The zero-order chi connectivity index (χ0) is 18.1. The van der Waals surface area contributed by atoms with Crippen LogP contribution in [0.25, 0.3) is 11.0 Å². The summed E-state index contributed by atoms with van der Waals surface area (Å²) in [7, 11) is 0. The Morgan fingerprint density at radius 2 is 1.78 bits per heavy atom. The van der Waals surface area contributed by atoms with Crippen LogP contribution in [0.4, 0.5) is 5.82 Å². The SMILES string of the molecule is C1=COC(CN2CCC(n3ncc4c(N5CCOCC5)ncnc43)CC2)O1. The molecule has 9 heteroatoms. The second kappa shape index (κ2) is 7.32. The molecule has 0 aromatic carbocycles. The maximum atomic E-state index is 5.46. The van der Waals surface area contributed by atoms with Gasteiger partial charge in [-0.15, -0.1) is 0 Å². The quantitative estimate of drug-likeness (QED) is 0.791. The lowest BCUT2D eigenvalue weighted by molar-refractivity contribution is -0.0499. The molecule has 0 N–H and O–H groups in total. The lowest BCUT2D eigenvalue weighted by atomic mass is 10.1. The third-order valence-corrected chi connectivity index (χ3v) is 5.51. The summed E-state index contributed by atoms with van der Waals surface area (Å²) in [6.07, 6.45) is 8.69. The molecule has 2 fully saturated rings. The molecule has 0 amide bonds. The van der Waals surface area contributed by atoms with Gasteiger partial charge in [-0.2, -0.15) is 5.10 Å². The van der Waals surface area contributed by atoms with Gasteiger partial charge in [-0.1, -0.05) is 0 Å². The molecular weight excluding hydrogens is 348 g/mol. The van der Waals surface area contributed by atoms with Crippen molar-refractivity contribution in [1.29, 1.82) is 0 Å². The maximum Gasteiger partial charge on any atom is 0.252 e. The van der Waals surface area contributed by atoms with Gasteiger partial charge < -0.3 is 19.1 Å². The van der Waals surface area contributed by atoms with Crippen LogP contribution in [0, 0.1) is 0 Å². The second-order valence-corrected chi connectivity index (χ2v) is 7.13. The fourth-order valence-electron chi connectivity index (χ4n) is 4.06. The highest BCUT2D eigenvalue weighted by Crippen LogP contribution is 2.29. The van der Waals surface area contributed by atoms with Crippen molar-refractivity contribution >= 4 is 16.9 Å². The topological polar surface area (TPSA) is 77.8 Å². The highest BCUT2D eigenvalue weighted by molar-refractivity contribution is 5.86. The fraction of sp³-hybridized carbons (Fsp3) is 0.611. The van der Waals surface area contributed by atoms with Crippen LogP contribution in [0.2, 0.25) is 0 Å². The predicted octanol–water partition coefficient (Wildman–Crippen LogP) is 1.14. The van der Waals surface area contributed by atoms with E-state index in [2.05, 4.69) is 29.5 Å². The van der Waals surface area contributed by atoms with Gasteiger partial charge in [-0.05, 0) is 12.8 Å². The monoisotopic (exact) mass is 372 g/mol. The van der Waals surface area contributed by atoms with Gasteiger partial charge in [0, 0.05) is 26.2 Å². The number of likely N-dealkylation sites (tertiary alicyclic amines) is 1. The number of hydrogen-bond acceptors (Lipinski definition) is 8. The molecule has 2 saturated heterocycles. The molecule has 0 bridgehead atoms. The van der Waals surface area contributed by atoms with Gasteiger partial charge in [0.15, 0.2) is 5.65 Å². The molecule has 2 aromatic rings. The number of nitrogens with zero attached hydrogens (tertiary/aromatic N) is 6. The summed E-state index contributed by atoms with van der Waals surface area (Å²) in [4.78, 5) is 13.7. The molecule has 3 aliphatic rings. The van der Waals surface area contributed by atoms with Crippen LogP contribution in [0.3, 0.4) is 0 Å². The molecule has 0 unspecified atom stereocenters. The first-order valence-corrected chi connectivity index (χ1v) is 9.58. The average molecular weight is 372 g/mol. The van der Waals surface area contributed by atoms with Crippen molar-refractivity contribution in [1.82, 2.24) is 24.6 Å². The number of aromatic nitrogens is 4. The second-order valence-electron chi connectivity index (χ2n) is 7.13. The minimum Gasteiger partial charge on any atom is -0.458 e. The zero-order valence-corrected chi connectivity index (χ0v) is 15.2. The number of rotatable bonds is 4. The average Bonchev–Trinajstić information content (AvgIpc) is 3.39. The van der Waals surface area contributed by atoms with E-state index in [0.717, 1.165) is 75.6 Å². The summed E-state index contributed by atoms with van der Waals surface area (Å²) >= 11 is 0. The van der Waals surface area contributed by atoms with E-state index in [1.807, 2.05) is 6.20 Å². The van der Waals surface area contributed by atoms with E-state index in [-0.39, 0.29) is 6.29 Å². The van der Waals surface area contributed by atoms with Crippen LogP contribution >= 0.6 is 0 Å². The minimum atomic E-state index is -0.170. The summed E-state index contributed by atoms with van der Waals surface area (Å²) in [6.45, 7) is 5.98. The third kappa shape index (κ3) is 3.32. The molecular formula is C18H24N6O3. The number of morpholine rings is 1. The Balaban J connectivity index is 1.29. The minimum absolute atomic E-state index is 0.170. The van der Waals surface area contributed by atoms with Crippen LogP contribution in [-0.2, 0) is 14.2 Å². The Hall–Kier alpha value is -2.39. The van der Waals surface area contributed by atoms with Gasteiger partial charge in [0.05, 0.1) is 37.4 Å². The summed E-state index contributed by atoms with van der Waals surface area (Å²) in [6, 6.07) is 0.356. The van der Waals surface area contributed by atoms with Crippen molar-refractivity contribution in [3.05, 3.63) is 25.0 Å². The van der Waals surface area contributed by atoms with E-state index < -0.39 is 0 Å². The van der Waals surface area contributed by atoms with E-state index in [1.165, 1.54) is 0 Å². The molecule has 0 aliphatic carbocycles. The van der Waals surface area contributed by atoms with Gasteiger partial charge in [-0.3, -0.25) is 4.90 Å². The molecule has 9 nitrogen and oxygen atoms in total. The largest absolute Gasteiger partial charge is 0.458 e. The molecule has 0 radical (unpaired) electrons. The lowest BCUT2D eigenvalue weighted by Gasteiger charge is -2.33. The molecule has 5 rings (SSSR count). The molecule has 0 atom stereocenters. The first-order valence-electron chi connectivity index (χ1n) is 9.58. The number of anilines is 1. The van der Waals surface area contributed by atoms with E-state index in [0.29, 0.717) is 6.04 Å². The molecule has 27 heavy (non-hydrogen) atoms. The highest BCUT2D eigenvalue weighted by Gasteiger charge is 2.27. The molecule has 0 saturated carbocycles. The van der Waals surface area contributed by atoms with E-state index in [1.54, 1.807) is 18.9 Å². The van der Waals surface area contributed by atoms with Crippen LogP contribution < -0.4 is 4.90 Å². The maximum absolute atomic E-state index is 5.46. The highest BCUT2D eigenvalue weighted by atomic mass is 16.7. The summed E-state index contributed by atoms with van der Waals surface area (Å²) in [5, 5.41) is 5.71. The fourth-order valence-corrected chi connectivity index (χ4v) is 4.06. The molecule has 2 aromatic heterocycles. The first-order chi connectivity index (χ1) is 13.4. The van der Waals surface area contributed by atoms with Crippen molar-refractivity contribution in [2.75, 3.05) is 50.8 Å². The number of ether oxygens (including phenoxy) is 3. The Kier molecular flexibility index (Phi) is 4.54. The molecule has 5 heterocycles. The van der Waals surface area contributed by atoms with Gasteiger partial charge in [-0.25, -0.2) is 14.6 Å². The summed E-state index contributed by atoms with van der Waals surface area (Å²) in [5.41, 5.74) is 0.927. The lowest BCUT2D eigenvalue weighted by Crippen LogP contribution is -2.39. The zero-order valence-electron chi connectivity index (χ0n) is 15.2. The van der Waals surface area contributed by atoms with E-state index in [9.17, 15) is 0 Å².